The second kappa shape index (κ2) is 6.80. The molecule has 0 aliphatic heterocycles. The van der Waals surface area contributed by atoms with Crippen LogP contribution < -0.4 is 0 Å². The number of nitrogens with one attached hydrogen (secondary N) is 1. The largest absolute Gasteiger partial charge is 0.345 e. The summed E-state index contributed by atoms with van der Waals surface area (Å²) in [5.41, 5.74) is 3.69. The zero-order valence-corrected chi connectivity index (χ0v) is 16.0. The summed E-state index contributed by atoms with van der Waals surface area (Å²) in [5, 5.41) is 0. The molecule has 1 aromatic carbocycles. The third-order valence-electron chi connectivity index (χ3n) is 4.84. The lowest BCUT2D eigenvalue weighted by Gasteiger charge is -2.21. The quantitative estimate of drug-likeness (QED) is 0.674. The van der Waals surface area contributed by atoms with E-state index in [0.717, 1.165) is 28.3 Å². The third-order valence-corrected chi connectivity index (χ3v) is 5.53. The summed E-state index contributed by atoms with van der Waals surface area (Å²) in [4.78, 5) is 8.66. The Morgan fingerprint density at radius 1 is 1.13 bits per heavy atom. The zero-order valence-electron chi connectivity index (χ0n) is 14.5. The zero-order chi connectivity index (χ0) is 16.4. The first-order valence-corrected chi connectivity index (χ1v) is 9.58. The van der Waals surface area contributed by atoms with E-state index in [1.807, 2.05) is 0 Å². The lowest BCUT2D eigenvalue weighted by molar-refractivity contribution is 0.354. The van der Waals surface area contributed by atoms with Crippen molar-refractivity contribution in [3.05, 3.63) is 40.3 Å². The molecule has 1 saturated carbocycles. The minimum Gasteiger partial charge on any atom is -0.345 e. The molecule has 1 N–H and O–H groups in total. The summed E-state index contributed by atoms with van der Waals surface area (Å²) in [5.74, 6) is 1.90. The van der Waals surface area contributed by atoms with E-state index in [2.05, 4.69) is 66.0 Å². The lowest BCUT2D eigenvalue weighted by atomic mass is 9.85. The van der Waals surface area contributed by atoms with Gasteiger partial charge in [0.15, 0.2) is 0 Å². The van der Waals surface area contributed by atoms with Crippen LogP contribution in [0.15, 0.2) is 28.7 Å². The number of aromatic amines is 1. The van der Waals surface area contributed by atoms with Gasteiger partial charge < -0.3 is 4.98 Å². The molecule has 0 unspecified atom stereocenters. The van der Waals surface area contributed by atoms with Gasteiger partial charge in [-0.3, -0.25) is 0 Å². The fraction of sp³-hybridized carbons (Fsp3) is 0.550. The van der Waals surface area contributed by atoms with E-state index in [9.17, 15) is 0 Å². The van der Waals surface area contributed by atoms with Crippen LogP contribution in [0.25, 0.3) is 11.3 Å². The van der Waals surface area contributed by atoms with Crippen LogP contribution >= 0.6 is 15.9 Å². The highest BCUT2D eigenvalue weighted by molar-refractivity contribution is 9.10. The van der Waals surface area contributed by atoms with E-state index in [4.69, 9.17) is 4.98 Å². The minimum atomic E-state index is 0.0425. The summed E-state index contributed by atoms with van der Waals surface area (Å²) in [6.07, 6.45) is 8.02. The molecular weight excluding hydrogens is 348 g/mol. The molecule has 1 aliphatic carbocycles. The molecule has 1 aromatic heterocycles. The predicted molar refractivity (Wildman–Crippen MR) is 101 cm³/mol. The number of rotatable bonds is 3. The molecule has 1 heterocycles. The molecule has 2 aromatic rings. The van der Waals surface area contributed by atoms with Crippen LogP contribution in [-0.2, 0) is 11.8 Å². The molecule has 0 spiro atoms. The first-order valence-electron chi connectivity index (χ1n) is 8.79. The van der Waals surface area contributed by atoms with Crippen molar-refractivity contribution in [2.75, 3.05) is 0 Å². The Morgan fingerprint density at radius 3 is 2.48 bits per heavy atom. The van der Waals surface area contributed by atoms with Gasteiger partial charge in [0.1, 0.15) is 5.82 Å². The van der Waals surface area contributed by atoms with E-state index < -0.39 is 0 Å². The fourth-order valence-corrected chi connectivity index (χ4v) is 3.94. The topological polar surface area (TPSA) is 28.7 Å². The van der Waals surface area contributed by atoms with Gasteiger partial charge in [0.25, 0.3) is 0 Å². The first kappa shape index (κ1) is 16.8. The highest BCUT2D eigenvalue weighted by atomic mass is 79.9. The van der Waals surface area contributed by atoms with E-state index >= 15 is 0 Å². The van der Waals surface area contributed by atoms with Gasteiger partial charge in [-0.15, -0.1) is 0 Å². The number of aromatic nitrogens is 2. The highest BCUT2D eigenvalue weighted by Gasteiger charge is 2.24. The van der Waals surface area contributed by atoms with Gasteiger partial charge in [0.05, 0.1) is 5.69 Å². The molecule has 23 heavy (non-hydrogen) atoms. The normalized spacial score (nSPS) is 16.7. The lowest BCUT2D eigenvalue weighted by Crippen LogP contribution is -2.14. The maximum absolute atomic E-state index is 4.99. The number of nitrogens with zero attached hydrogens (tertiary/aromatic N) is 1. The Kier molecular flexibility index (Phi) is 4.96. The Balaban J connectivity index is 1.99. The maximum atomic E-state index is 4.99. The molecule has 2 nitrogen and oxygen atoms in total. The molecule has 0 saturated heterocycles. The van der Waals surface area contributed by atoms with Gasteiger partial charge in [-0.2, -0.15) is 0 Å². The van der Waals surface area contributed by atoms with Crippen molar-refractivity contribution in [2.45, 2.75) is 64.7 Å². The van der Waals surface area contributed by atoms with Crippen LogP contribution in [0.4, 0.5) is 0 Å². The summed E-state index contributed by atoms with van der Waals surface area (Å²) in [6, 6.07) is 8.42. The van der Waals surface area contributed by atoms with Crippen LogP contribution in [-0.4, -0.2) is 9.97 Å². The monoisotopic (exact) mass is 374 g/mol. The molecule has 1 aliphatic rings. The minimum absolute atomic E-state index is 0.0425. The summed E-state index contributed by atoms with van der Waals surface area (Å²) in [7, 11) is 0. The van der Waals surface area contributed by atoms with E-state index in [1.54, 1.807) is 0 Å². The standard InChI is InChI=1S/C20H27BrN2/c1-20(2,3)19-22-17(13-14-9-5-4-6-10-14)18(23-19)15-11-7-8-12-16(15)21/h7-8,11-12,14H,4-6,9-10,13H2,1-3H3,(H,22,23). The van der Waals surface area contributed by atoms with E-state index in [0.29, 0.717) is 0 Å². The Bertz CT molecular complexity index is 661. The van der Waals surface area contributed by atoms with E-state index in [1.165, 1.54) is 43.4 Å². The Hall–Kier alpha value is -1.09. The van der Waals surface area contributed by atoms with Crippen molar-refractivity contribution in [3.8, 4) is 11.3 Å². The first-order chi connectivity index (χ1) is 10.9. The molecular formula is C20H27BrN2. The number of halogens is 1. The number of benzene rings is 1. The van der Waals surface area contributed by atoms with Crippen molar-refractivity contribution in [3.63, 3.8) is 0 Å². The fourth-order valence-electron chi connectivity index (χ4n) is 3.47. The molecule has 0 bridgehead atoms. The van der Waals surface area contributed by atoms with Crippen molar-refractivity contribution >= 4 is 15.9 Å². The molecule has 124 valence electrons. The van der Waals surface area contributed by atoms with Crippen molar-refractivity contribution < 1.29 is 0 Å². The van der Waals surface area contributed by atoms with Gasteiger partial charge in [-0.25, -0.2) is 4.98 Å². The smallest absolute Gasteiger partial charge is 0.112 e. The predicted octanol–water partition coefficient (Wildman–Crippen LogP) is 6.26. The number of hydrogen-bond donors (Lipinski definition) is 1. The van der Waals surface area contributed by atoms with Crippen LogP contribution in [0.1, 0.15) is 64.4 Å². The second-order valence-corrected chi connectivity index (χ2v) is 8.70. The second-order valence-electron chi connectivity index (χ2n) is 7.85. The van der Waals surface area contributed by atoms with Gasteiger partial charge in [0, 0.05) is 21.1 Å². The Morgan fingerprint density at radius 2 is 1.83 bits per heavy atom. The number of hydrogen-bond acceptors (Lipinski definition) is 1. The van der Waals surface area contributed by atoms with Crippen LogP contribution in [0.5, 0.6) is 0 Å². The van der Waals surface area contributed by atoms with Gasteiger partial charge in [-0.1, -0.05) is 87.0 Å². The SMILES string of the molecule is CC(C)(C)c1nc(-c2ccccc2Br)c(CC2CCCCC2)[nH]1. The summed E-state index contributed by atoms with van der Waals surface area (Å²) in [6.45, 7) is 6.67. The van der Waals surface area contributed by atoms with Gasteiger partial charge in [0.2, 0.25) is 0 Å². The molecule has 0 amide bonds. The van der Waals surface area contributed by atoms with E-state index in [-0.39, 0.29) is 5.41 Å². The summed E-state index contributed by atoms with van der Waals surface area (Å²) < 4.78 is 1.12. The van der Waals surface area contributed by atoms with Crippen molar-refractivity contribution in [2.24, 2.45) is 5.92 Å². The Labute approximate surface area is 148 Å². The maximum Gasteiger partial charge on any atom is 0.112 e. The van der Waals surface area contributed by atoms with Crippen LogP contribution in [0.3, 0.4) is 0 Å². The van der Waals surface area contributed by atoms with Crippen LogP contribution in [0.2, 0.25) is 0 Å². The average molecular weight is 375 g/mol. The molecule has 0 radical (unpaired) electrons. The average Bonchev–Trinajstić information content (AvgIpc) is 2.93. The summed E-state index contributed by atoms with van der Waals surface area (Å²) >= 11 is 3.70. The van der Waals surface area contributed by atoms with Gasteiger partial charge in [-0.05, 0) is 18.4 Å². The van der Waals surface area contributed by atoms with Crippen LogP contribution in [0, 0.1) is 5.92 Å². The number of H-pyrrole nitrogens is 1. The van der Waals surface area contributed by atoms with Crippen molar-refractivity contribution in [1.82, 2.24) is 9.97 Å². The molecule has 1 fully saturated rings. The van der Waals surface area contributed by atoms with Crippen molar-refractivity contribution in [1.29, 1.82) is 0 Å². The highest BCUT2D eigenvalue weighted by Crippen LogP contribution is 2.35. The molecule has 0 atom stereocenters. The van der Waals surface area contributed by atoms with Gasteiger partial charge >= 0.3 is 0 Å². The molecule has 3 heteroatoms. The molecule has 3 rings (SSSR count). The number of imidazole rings is 1. The third kappa shape index (κ3) is 3.88.